The molecule has 0 fully saturated rings. The van der Waals surface area contributed by atoms with E-state index in [9.17, 15) is 23.7 Å². The van der Waals surface area contributed by atoms with E-state index in [1.165, 1.54) is 6.33 Å². The number of nitrogen functional groups attached to an aromatic ring is 1. The summed E-state index contributed by atoms with van der Waals surface area (Å²) in [5.41, 5.74) is 6.77. The van der Waals surface area contributed by atoms with E-state index in [2.05, 4.69) is 15.0 Å². The molecule has 218 valence electrons. The molecule has 0 radical (unpaired) electrons. The number of aliphatic carboxylic acids is 1. The number of ketones is 1. The van der Waals surface area contributed by atoms with Crippen LogP contribution >= 0.6 is 7.60 Å². The van der Waals surface area contributed by atoms with E-state index in [-0.39, 0.29) is 17.7 Å². The first-order valence-corrected chi connectivity index (χ1v) is 13.4. The van der Waals surface area contributed by atoms with Crippen LogP contribution in [-0.4, -0.2) is 74.4 Å². The van der Waals surface area contributed by atoms with E-state index in [4.69, 9.17) is 34.1 Å². The van der Waals surface area contributed by atoms with Crippen LogP contribution in [0.2, 0.25) is 0 Å². The zero-order chi connectivity index (χ0) is 29.8. The molecule has 0 amide bonds. The number of rotatable bonds is 14. The Morgan fingerprint density at radius 2 is 1.49 bits per heavy atom. The maximum Gasteiger partial charge on any atom is 0.371 e. The topological polar surface area (TPSA) is 221 Å². The van der Waals surface area contributed by atoms with Crippen molar-refractivity contribution in [2.24, 2.45) is 11.8 Å². The zero-order valence-corrected chi connectivity index (χ0v) is 23.5. The lowest BCUT2D eigenvalue weighted by Gasteiger charge is -2.21. The van der Waals surface area contributed by atoms with Crippen LogP contribution < -0.4 is 5.73 Å². The number of carboxylic acids is 1. The highest BCUT2D eigenvalue weighted by atomic mass is 31.2. The number of Topliss-reactive ketones (excluding diaryl/α,β-unsaturated/α-hetero) is 1. The van der Waals surface area contributed by atoms with Crippen LogP contribution in [0.5, 0.6) is 0 Å². The molecule has 0 aromatic carbocycles. The molecule has 0 aliphatic carbocycles. The van der Waals surface area contributed by atoms with Gasteiger partial charge in [-0.3, -0.25) is 28.0 Å². The Labute approximate surface area is 224 Å². The summed E-state index contributed by atoms with van der Waals surface area (Å²) < 4.78 is 40.6. The molecule has 2 aromatic rings. The maximum atomic E-state index is 13.1. The first kappa shape index (κ1) is 33.6. The minimum atomic E-state index is -3.94. The number of hydrogen-bond donors (Lipinski definition) is 2. The average molecular weight is 576 g/mol. The van der Waals surface area contributed by atoms with E-state index in [1.807, 2.05) is 0 Å². The lowest BCUT2D eigenvalue weighted by atomic mass is 10.2. The van der Waals surface area contributed by atoms with Crippen molar-refractivity contribution in [1.82, 2.24) is 19.5 Å². The van der Waals surface area contributed by atoms with Gasteiger partial charge in [0.1, 0.15) is 18.2 Å². The number of imidazole rings is 1. The Balaban J connectivity index is 0.00000113. The fourth-order valence-corrected chi connectivity index (χ4v) is 3.44. The van der Waals surface area contributed by atoms with E-state index in [0.717, 1.165) is 6.92 Å². The van der Waals surface area contributed by atoms with Gasteiger partial charge in [0, 0.05) is 6.92 Å². The Morgan fingerprint density at radius 1 is 0.974 bits per heavy atom. The van der Waals surface area contributed by atoms with Crippen LogP contribution in [0.15, 0.2) is 12.7 Å². The SMILES string of the molecule is CC(=O)C(=O)O.CC(C)C(=O)OCOP(=O)(CO[C@H](C)Cn1cnc2c(N)ncnc21)OCOC(=O)C(C)C. The Hall–Kier alpha value is -3.46. The maximum absolute atomic E-state index is 13.1. The largest absolute Gasteiger partial charge is 0.476 e. The van der Waals surface area contributed by atoms with Gasteiger partial charge in [0.25, 0.3) is 0 Å². The number of hydrogen-bond acceptors (Lipinski definition) is 14. The highest BCUT2D eigenvalue weighted by Crippen LogP contribution is 2.48. The van der Waals surface area contributed by atoms with Crippen LogP contribution in [-0.2, 0) is 53.5 Å². The number of ether oxygens (including phenoxy) is 3. The van der Waals surface area contributed by atoms with Gasteiger partial charge >= 0.3 is 25.5 Å². The molecule has 17 heteroatoms. The van der Waals surface area contributed by atoms with Gasteiger partial charge < -0.3 is 29.6 Å². The molecule has 0 unspecified atom stereocenters. The zero-order valence-electron chi connectivity index (χ0n) is 22.6. The molecular formula is C22H34N5O11P. The van der Waals surface area contributed by atoms with E-state index < -0.39 is 57.3 Å². The third kappa shape index (κ3) is 11.9. The predicted octanol–water partition coefficient (Wildman–Crippen LogP) is 1.97. The molecule has 0 aliphatic heterocycles. The summed E-state index contributed by atoms with van der Waals surface area (Å²) in [6, 6.07) is 0. The molecule has 0 aliphatic rings. The van der Waals surface area contributed by atoms with Crippen LogP contribution in [0.1, 0.15) is 41.5 Å². The Kier molecular flexibility index (Phi) is 13.6. The summed E-state index contributed by atoms with van der Waals surface area (Å²) in [4.78, 5) is 54.4. The first-order valence-electron chi connectivity index (χ1n) is 11.6. The number of aromatic nitrogens is 4. The van der Waals surface area contributed by atoms with E-state index in [1.54, 1.807) is 45.5 Å². The van der Waals surface area contributed by atoms with Gasteiger partial charge in [-0.2, -0.15) is 0 Å². The van der Waals surface area contributed by atoms with Gasteiger partial charge in [0.15, 0.2) is 11.5 Å². The number of carbonyl (C=O) groups is 4. The minimum Gasteiger partial charge on any atom is -0.476 e. The highest BCUT2D eigenvalue weighted by molar-refractivity contribution is 7.53. The average Bonchev–Trinajstić information content (AvgIpc) is 3.26. The lowest BCUT2D eigenvalue weighted by molar-refractivity contribution is -0.156. The number of nitrogens with zero attached hydrogens (tertiary/aromatic N) is 4. The number of carbonyl (C=O) groups excluding carboxylic acids is 3. The third-order valence-electron chi connectivity index (χ3n) is 4.55. The van der Waals surface area contributed by atoms with Gasteiger partial charge in [0.2, 0.25) is 19.4 Å². The number of esters is 2. The molecule has 3 N–H and O–H groups in total. The second-order valence-electron chi connectivity index (χ2n) is 8.64. The fraction of sp³-hybridized carbons (Fsp3) is 0.591. The Bertz CT molecular complexity index is 1140. The standard InChI is InChI=1S/C19H30N5O8P.C3H4O3/c1-12(2)18(25)28-9-31-33(27,32-10-29-19(26)13(3)4)11-30-14(5)6-24-8-23-15-16(20)21-7-22-17(15)24;1-2(4)3(5)6/h7-8,12-14H,6,9-11H2,1-5H3,(H2,20,21,22);1H3,(H,5,6)/t14-;/m1./s1. The Morgan fingerprint density at radius 3 is 1.95 bits per heavy atom. The number of fused-ring (bicyclic) bond motifs is 1. The molecule has 2 heterocycles. The lowest BCUT2D eigenvalue weighted by Crippen LogP contribution is -2.20. The highest BCUT2D eigenvalue weighted by Gasteiger charge is 2.29. The van der Waals surface area contributed by atoms with Gasteiger partial charge in [0.05, 0.1) is 30.8 Å². The molecular weight excluding hydrogens is 541 g/mol. The summed E-state index contributed by atoms with van der Waals surface area (Å²) >= 11 is 0. The van der Waals surface area contributed by atoms with Crippen molar-refractivity contribution in [3.63, 3.8) is 0 Å². The second kappa shape index (κ2) is 15.8. The fourth-order valence-electron chi connectivity index (χ4n) is 2.36. The van der Waals surface area contributed by atoms with Gasteiger partial charge in [-0.15, -0.1) is 0 Å². The normalized spacial score (nSPS) is 12.1. The van der Waals surface area contributed by atoms with E-state index >= 15 is 0 Å². The van der Waals surface area contributed by atoms with Crippen molar-refractivity contribution < 1.29 is 52.1 Å². The van der Waals surface area contributed by atoms with Crippen molar-refractivity contribution in [3.8, 4) is 0 Å². The first-order chi connectivity index (χ1) is 18.2. The van der Waals surface area contributed by atoms with Crippen molar-refractivity contribution >= 4 is 48.3 Å². The number of carboxylic acid groups (broad SMARTS) is 1. The molecule has 0 spiro atoms. The van der Waals surface area contributed by atoms with Crippen molar-refractivity contribution in [2.45, 2.75) is 54.2 Å². The predicted molar refractivity (Wildman–Crippen MR) is 135 cm³/mol. The van der Waals surface area contributed by atoms with Gasteiger partial charge in [-0.05, 0) is 6.92 Å². The summed E-state index contributed by atoms with van der Waals surface area (Å²) in [6.07, 6.45) is 1.92. The summed E-state index contributed by atoms with van der Waals surface area (Å²) in [6.45, 7) is 8.41. The molecule has 2 aromatic heterocycles. The van der Waals surface area contributed by atoms with Crippen LogP contribution in [0.4, 0.5) is 5.82 Å². The van der Waals surface area contributed by atoms with Crippen molar-refractivity contribution in [2.75, 3.05) is 25.7 Å². The second-order valence-corrected chi connectivity index (χ2v) is 10.6. The van der Waals surface area contributed by atoms with Crippen LogP contribution in [0, 0.1) is 11.8 Å². The third-order valence-corrected chi connectivity index (χ3v) is 6.01. The molecule has 0 saturated carbocycles. The summed E-state index contributed by atoms with van der Waals surface area (Å²) in [7, 11) is -3.94. The van der Waals surface area contributed by atoms with Gasteiger partial charge in [-0.25, -0.2) is 19.7 Å². The monoisotopic (exact) mass is 575 g/mol. The molecule has 0 saturated heterocycles. The minimum absolute atomic E-state index is 0.255. The number of nitrogens with two attached hydrogens (primary N) is 1. The van der Waals surface area contributed by atoms with Crippen LogP contribution in [0.25, 0.3) is 11.2 Å². The molecule has 1 atom stereocenters. The quantitative estimate of drug-likeness (QED) is 0.142. The van der Waals surface area contributed by atoms with Crippen molar-refractivity contribution in [3.05, 3.63) is 12.7 Å². The van der Waals surface area contributed by atoms with Crippen molar-refractivity contribution in [1.29, 1.82) is 0 Å². The molecule has 0 bridgehead atoms. The number of anilines is 1. The smallest absolute Gasteiger partial charge is 0.371 e. The summed E-state index contributed by atoms with van der Waals surface area (Å²) in [5, 5.41) is 7.64. The van der Waals surface area contributed by atoms with Crippen LogP contribution in [0.3, 0.4) is 0 Å². The molecule has 2 rings (SSSR count). The summed E-state index contributed by atoms with van der Waals surface area (Å²) in [5.74, 6) is -3.79. The molecule has 16 nitrogen and oxygen atoms in total. The van der Waals surface area contributed by atoms with E-state index in [0.29, 0.717) is 17.7 Å². The molecule has 39 heavy (non-hydrogen) atoms. The van der Waals surface area contributed by atoms with Gasteiger partial charge in [-0.1, -0.05) is 27.7 Å².